The Morgan fingerprint density at radius 1 is 1.25 bits per heavy atom. The van der Waals surface area contributed by atoms with Crippen LogP contribution in [0, 0.1) is 6.92 Å². The van der Waals surface area contributed by atoms with Crippen LogP contribution in [0.15, 0.2) is 34.0 Å². The zero-order chi connectivity index (χ0) is 11.7. The van der Waals surface area contributed by atoms with Gasteiger partial charge in [-0.1, -0.05) is 12.1 Å². The molecular formula is C12H14N2OS. The van der Waals surface area contributed by atoms with Crippen molar-refractivity contribution >= 4 is 11.8 Å². The molecule has 0 saturated heterocycles. The first kappa shape index (κ1) is 11.1. The van der Waals surface area contributed by atoms with Crippen LogP contribution in [-0.2, 0) is 7.05 Å². The fraction of sp³-hybridized carbons (Fsp3) is 0.250. The van der Waals surface area contributed by atoms with Crippen LogP contribution in [0.4, 0.5) is 0 Å². The fourth-order valence-corrected chi connectivity index (χ4v) is 2.11. The van der Waals surface area contributed by atoms with Crippen molar-refractivity contribution in [2.75, 3.05) is 6.26 Å². The monoisotopic (exact) mass is 234 g/mol. The van der Waals surface area contributed by atoms with Crippen LogP contribution in [0.5, 0.6) is 0 Å². The molecule has 0 aliphatic carbocycles. The third-order valence-corrected chi connectivity index (χ3v) is 3.40. The summed E-state index contributed by atoms with van der Waals surface area (Å²) in [5.41, 5.74) is 2.75. The summed E-state index contributed by atoms with van der Waals surface area (Å²) in [6.07, 6.45) is 2.05. The first-order valence-corrected chi connectivity index (χ1v) is 6.26. The van der Waals surface area contributed by atoms with Gasteiger partial charge in [0, 0.05) is 17.5 Å². The van der Waals surface area contributed by atoms with Gasteiger partial charge in [0.1, 0.15) is 0 Å². The number of H-pyrrole nitrogens is 1. The maximum atomic E-state index is 11.6. The fourth-order valence-electron chi connectivity index (χ4n) is 1.70. The Hall–Kier alpha value is -1.42. The minimum absolute atomic E-state index is 0.0314. The van der Waals surface area contributed by atoms with E-state index in [1.807, 2.05) is 25.3 Å². The second-order valence-electron chi connectivity index (χ2n) is 3.70. The van der Waals surface area contributed by atoms with Crippen molar-refractivity contribution in [2.24, 2.45) is 7.05 Å². The normalized spacial score (nSPS) is 10.7. The number of aryl methyl sites for hydroxylation is 1. The molecule has 2 rings (SSSR count). The number of aromatic amines is 1. The average Bonchev–Trinajstić information content (AvgIpc) is 2.57. The molecule has 0 unspecified atom stereocenters. The van der Waals surface area contributed by atoms with Gasteiger partial charge in [0.25, 0.3) is 5.56 Å². The standard InChI is InChI=1S/C12H14N2OS/c1-8-11(13-14(2)12(8)15)9-4-6-10(16-3)7-5-9/h4-7,13H,1-3H3. The molecule has 1 heterocycles. The highest BCUT2D eigenvalue weighted by Crippen LogP contribution is 2.22. The zero-order valence-electron chi connectivity index (χ0n) is 9.57. The lowest BCUT2D eigenvalue weighted by atomic mass is 10.1. The summed E-state index contributed by atoms with van der Waals surface area (Å²) >= 11 is 1.71. The molecule has 0 aliphatic rings. The minimum atomic E-state index is 0.0314. The van der Waals surface area contributed by atoms with Crippen molar-refractivity contribution in [3.05, 3.63) is 40.2 Å². The first-order valence-electron chi connectivity index (χ1n) is 5.03. The van der Waals surface area contributed by atoms with Gasteiger partial charge < -0.3 is 0 Å². The van der Waals surface area contributed by atoms with Crippen LogP contribution in [-0.4, -0.2) is 16.0 Å². The molecule has 0 bridgehead atoms. The summed E-state index contributed by atoms with van der Waals surface area (Å²) in [6, 6.07) is 8.18. The lowest BCUT2D eigenvalue weighted by molar-refractivity contribution is 0.741. The second kappa shape index (κ2) is 4.22. The highest BCUT2D eigenvalue weighted by atomic mass is 32.2. The number of nitrogens with zero attached hydrogens (tertiary/aromatic N) is 1. The number of hydrogen-bond donors (Lipinski definition) is 1. The maximum Gasteiger partial charge on any atom is 0.269 e. The molecule has 2 aromatic rings. The van der Waals surface area contributed by atoms with Crippen LogP contribution in [0.1, 0.15) is 5.56 Å². The van der Waals surface area contributed by atoms with Gasteiger partial charge in [-0.2, -0.15) is 0 Å². The SMILES string of the molecule is CSc1ccc(-c2[nH]n(C)c(=O)c2C)cc1. The summed E-state index contributed by atoms with van der Waals surface area (Å²) in [5.74, 6) is 0. The average molecular weight is 234 g/mol. The van der Waals surface area contributed by atoms with E-state index in [-0.39, 0.29) is 5.56 Å². The molecule has 1 aromatic carbocycles. The lowest BCUT2D eigenvalue weighted by Crippen LogP contribution is -2.12. The molecule has 16 heavy (non-hydrogen) atoms. The van der Waals surface area contributed by atoms with E-state index >= 15 is 0 Å². The number of hydrogen-bond acceptors (Lipinski definition) is 2. The van der Waals surface area contributed by atoms with Crippen molar-refractivity contribution < 1.29 is 0 Å². The van der Waals surface area contributed by atoms with Gasteiger partial charge in [0.15, 0.2) is 0 Å². The summed E-state index contributed by atoms with van der Waals surface area (Å²) < 4.78 is 1.51. The molecular weight excluding hydrogens is 220 g/mol. The highest BCUT2D eigenvalue weighted by molar-refractivity contribution is 7.98. The molecule has 84 valence electrons. The van der Waals surface area contributed by atoms with Gasteiger partial charge >= 0.3 is 0 Å². The van der Waals surface area contributed by atoms with E-state index in [0.717, 1.165) is 16.8 Å². The molecule has 0 saturated carbocycles. The number of thioether (sulfide) groups is 1. The van der Waals surface area contributed by atoms with E-state index in [1.165, 1.54) is 9.58 Å². The number of aromatic nitrogens is 2. The summed E-state index contributed by atoms with van der Waals surface area (Å²) in [4.78, 5) is 12.8. The second-order valence-corrected chi connectivity index (χ2v) is 4.58. The molecule has 0 radical (unpaired) electrons. The molecule has 0 aliphatic heterocycles. The first-order chi connectivity index (χ1) is 7.63. The van der Waals surface area contributed by atoms with E-state index in [9.17, 15) is 4.79 Å². The third kappa shape index (κ3) is 1.80. The molecule has 1 N–H and O–H groups in total. The van der Waals surface area contributed by atoms with E-state index in [4.69, 9.17) is 0 Å². The summed E-state index contributed by atoms with van der Waals surface area (Å²) in [6.45, 7) is 1.84. The van der Waals surface area contributed by atoms with Crippen molar-refractivity contribution in [2.45, 2.75) is 11.8 Å². The van der Waals surface area contributed by atoms with Gasteiger partial charge in [-0.15, -0.1) is 11.8 Å². The Labute approximate surface area is 98.5 Å². The van der Waals surface area contributed by atoms with Crippen LogP contribution in [0.3, 0.4) is 0 Å². The maximum absolute atomic E-state index is 11.6. The van der Waals surface area contributed by atoms with Crippen LogP contribution >= 0.6 is 11.8 Å². The Bertz CT molecular complexity index is 551. The lowest BCUT2D eigenvalue weighted by Gasteiger charge is -2.01. The third-order valence-electron chi connectivity index (χ3n) is 2.66. The Balaban J connectivity index is 2.50. The van der Waals surface area contributed by atoms with E-state index in [1.54, 1.807) is 18.8 Å². The van der Waals surface area contributed by atoms with Gasteiger partial charge in [-0.3, -0.25) is 14.6 Å². The number of nitrogens with one attached hydrogen (secondary N) is 1. The Morgan fingerprint density at radius 2 is 1.88 bits per heavy atom. The highest BCUT2D eigenvalue weighted by Gasteiger charge is 2.09. The van der Waals surface area contributed by atoms with Gasteiger partial charge in [-0.25, -0.2) is 0 Å². The predicted molar refractivity (Wildman–Crippen MR) is 68.0 cm³/mol. The van der Waals surface area contributed by atoms with Crippen LogP contribution < -0.4 is 5.56 Å². The molecule has 0 spiro atoms. The summed E-state index contributed by atoms with van der Waals surface area (Å²) in [7, 11) is 1.73. The smallest absolute Gasteiger partial charge is 0.269 e. The van der Waals surface area contributed by atoms with Crippen molar-refractivity contribution in [1.82, 2.24) is 9.78 Å². The largest absolute Gasteiger partial charge is 0.295 e. The van der Waals surface area contributed by atoms with Gasteiger partial charge in [0.2, 0.25) is 0 Å². The zero-order valence-corrected chi connectivity index (χ0v) is 10.4. The van der Waals surface area contributed by atoms with Crippen molar-refractivity contribution in [1.29, 1.82) is 0 Å². The van der Waals surface area contributed by atoms with Gasteiger partial charge in [0.05, 0.1) is 5.69 Å². The number of rotatable bonds is 2. The number of benzene rings is 1. The molecule has 0 fully saturated rings. The molecule has 0 atom stereocenters. The van der Waals surface area contributed by atoms with Crippen molar-refractivity contribution in [3.63, 3.8) is 0 Å². The quantitative estimate of drug-likeness (QED) is 0.810. The molecule has 4 heteroatoms. The van der Waals surface area contributed by atoms with E-state index in [0.29, 0.717) is 0 Å². The Morgan fingerprint density at radius 3 is 2.31 bits per heavy atom. The summed E-state index contributed by atoms with van der Waals surface area (Å²) in [5, 5.41) is 3.06. The molecule has 3 nitrogen and oxygen atoms in total. The van der Waals surface area contributed by atoms with Gasteiger partial charge in [-0.05, 0) is 30.9 Å². The molecule has 1 aromatic heterocycles. The minimum Gasteiger partial charge on any atom is -0.295 e. The van der Waals surface area contributed by atoms with Crippen LogP contribution in [0.2, 0.25) is 0 Å². The molecule has 0 amide bonds. The van der Waals surface area contributed by atoms with E-state index in [2.05, 4.69) is 17.2 Å². The van der Waals surface area contributed by atoms with Crippen LogP contribution in [0.25, 0.3) is 11.3 Å². The van der Waals surface area contributed by atoms with Crippen molar-refractivity contribution in [3.8, 4) is 11.3 Å². The Kier molecular flexibility index (Phi) is 2.92. The predicted octanol–water partition coefficient (Wildman–Crippen LogP) is 2.41. The topological polar surface area (TPSA) is 37.8 Å². The van der Waals surface area contributed by atoms with E-state index < -0.39 is 0 Å².